The molecule has 0 aliphatic carbocycles. The lowest BCUT2D eigenvalue weighted by Gasteiger charge is -2.19. The number of aliphatic hydroxyl groups excluding tert-OH is 1. The molecule has 0 aliphatic rings. The van der Waals surface area contributed by atoms with Gasteiger partial charge in [-0.25, -0.2) is 0 Å². The van der Waals surface area contributed by atoms with E-state index in [1.54, 1.807) is 19.2 Å². The average Bonchev–Trinajstić information content (AvgIpc) is 2.45. The highest BCUT2D eigenvalue weighted by Crippen LogP contribution is 2.23. The Morgan fingerprint density at radius 2 is 1.95 bits per heavy atom. The second kappa shape index (κ2) is 8.64. The molecule has 1 aromatic carbocycles. The average molecular weight is 294 g/mol. The van der Waals surface area contributed by atoms with Gasteiger partial charge in [-0.2, -0.15) is 0 Å². The highest BCUT2D eigenvalue weighted by atomic mass is 16.5. The zero-order chi connectivity index (χ0) is 15.8. The van der Waals surface area contributed by atoms with Gasteiger partial charge in [-0.15, -0.1) is 0 Å². The van der Waals surface area contributed by atoms with E-state index in [1.807, 2.05) is 32.9 Å². The first-order chi connectivity index (χ1) is 9.93. The summed E-state index contributed by atoms with van der Waals surface area (Å²) in [6, 6.07) is 7.30. The molecule has 0 heterocycles. The van der Waals surface area contributed by atoms with E-state index >= 15 is 0 Å². The first-order valence-corrected chi connectivity index (χ1v) is 7.28. The molecule has 2 atom stereocenters. The van der Waals surface area contributed by atoms with Gasteiger partial charge in [-0.3, -0.25) is 4.79 Å². The Bertz CT molecular complexity index is 449. The summed E-state index contributed by atoms with van der Waals surface area (Å²) in [6.45, 7) is 6.34. The predicted molar refractivity (Wildman–Crippen MR) is 84.6 cm³/mol. The molecule has 0 aliphatic heterocycles. The quantitative estimate of drug-likeness (QED) is 0.686. The number of rotatable bonds is 8. The number of carbonyl (C=O) groups excluding carboxylic acids is 1. The fourth-order valence-electron chi connectivity index (χ4n) is 1.86. The normalized spacial score (nSPS) is 13.8. The summed E-state index contributed by atoms with van der Waals surface area (Å²) in [5.41, 5.74) is 0.666. The Kier molecular flexibility index (Phi) is 7.19. The summed E-state index contributed by atoms with van der Waals surface area (Å²) in [5.74, 6) is 0.757. The molecule has 0 bridgehead atoms. The van der Waals surface area contributed by atoms with Gasteiger partial charge in [0.2, 0.25) is 5.91 Å². The van der Waals surface area contributed by atoms with Crippen LogP contribution in [0.1, 0.15) is 27.2 Å². The van der Waals surface area contributed by atoms with Gasteiger partial charge >= 0.3 is 0 Å². The Hall–Kier alpha value is -1.59. The van der Waals surface area contributed by atoms with Crippen LogP contribution in [0, 0.1) is 5.92 Å². The van der Waals surface area contributed by atoms with Crippen LogP contribution in [-0.4, -0.2) is 36.8 Å². The largest absolute Gasteiger partial charge is 0.495 e. The fraction of sp³-hybridized carbons (Fsp3) is 0.562. The molecule has 0 fully saturated rings. The smallest absolute Gasteiger partial charge is 0.226 e. The van der Waals surface area contributed by atoms with Crippen molar-refractivity contribution in [3.05, 3.63) is 24.3 Å². The summed E-state index contributed by atoms with van der Waals surface area (Å²) in [5, 5.41) is 15.7. The second-order valence-electron chi connectivity index (χ2n) is 5.57. The zero-order valence-electron chi connectivity index (χ0n) is 13.2. The summed E-state index contributed by atoms with van der Waals surface area (Å²) < 4.78 is 5.19. The summed E-state index contributed by atoms with van der Waals surface area (Å²) in [4.78, 5) is 12.0. The van der Waals surface area contributed by atoms with E-state index < -0.39 is 6.10 Å². The summed E-state index contributed by atoms with van der Waals surface area (Å²) >= 11 is 0. The van der Waals surface area contributed by atoms with E-state index in [0.717, 1.165) is 0 Å². The zero-order valence-corrected chi connectivity index (χ0v) is 13.2. The Morgan fingerprint density at radius 1 is 1.29 bits per heavy atom. The van der Waals surface area contributed by atoms with Crippen LogP contribution in [0.5, 0.6) is 5.75 Å². The number of para-hydroxylation sites is 2. The third-order valence-corrected chi connectivity index (χ3v) is 3.32. The van der Waals surface area contributed by atoms with Crippen LogP contribution >= 0.6 is 0 Å². The number of aliphatic hydroxyl groups is 1. The minimum absolute atomic E-state index is 0.00638. The van der Waals surface area contributed by atoms with Crippen molar-refractivity contribution in [3.8, 4) is 5.75 Å². The van der Waals surface area contributed by atoms with Crippen LogP contribution < -0.4 is 15.4 Å². The maximum absolute atomic E-state index is 12.0. The van der Waals surface area contributed by atoms with Crippen molar-refractivity contribution in [2.45, 2.75) is 39.3 Å². The Labute approximate surface area is 126 Å². The Balaban J connectivity index is 2.42. The van der Waals surface area contributed by atoms with Crippen LogP contribution in [-0.2, 0) is 4.79 Å². The minimum Gasteiger partial charge on any atom is -0.495 e. The molecule has 5 nitrogen and oxygen atoms in total. The highest BCUT2D eigenvalue weighted by molar-refractivity contribution is 5.92. The van der Waals surface area contributed by atoms with Crippen molar-refractivity contribution < 1.29 is 14.6 Å². The number of hydrogen-bond donors (Lipinski definition) is 3. The first kappa shape index (κ1) is 17.5. The van der Waals surface area contributed by atoms with Gasteiger partial charge in [0, 0.05) is 19.0 Å². The number of ether oxygens (including phenoxy) is 1. The number of carbonyl (C=O) groups is 1. The number of methoxy groups -OCH3 is 1. The number of hydrogen-bond acceptors (Lipinski definition) is 4. The molecule has 1 rings (SSSR count). The molecule has 0 spiro atoms. The minimum atomic E-state index is -0.398. The second-order valence-corrected chi connectivity index (χ2v) is 5.57. The van der Waals surface area contributed by atoms with Crippen molar-refractivity contribution in [3.63, 3.8) is 0 Å². The van der Waals surface area contributed by atoms with E-state index in [9.17, 15) is 9.90 Å². The van der Waals surface area contributed by atoms with Crippen LogP contribution in [0.2, 0.25) is 0 Å². The molecule has 0 saturated carbocycles. The predicted octanol–water partition coefficient (Wildman–Crippen LogP) is 2.02. The molecule has 5 heteroatoms. The SMILES string of the molecule is COc1ccccc1NC(=O)CC(C)NCC(O)C(C)C. The van der Waals surface area contributed by atoms with E-state index in [1.165, 1.54) is 0 Å². The van der Waals surface area contributed by atoms with E-state index in [-0.39, 0.29) is 17.9 Å². The van der Waals surface area contributed by atoms with Crippen molar-refractivity contribution in [1.29, 1.82) is 0 Å². The number of nitrogens with one attached hydrogen (secondary N) is 2. The van der Waals surface area contributed by atoms with E-state index in [0.29, 0.717) is 24.4 Å². The van der Waals surface area contributed by atoms with Gasteiger partial charge in [0.25, 0.3) is 0 Å². The van der Waals surface area contributed by atoms with Crippen LogP contribution in [0.4, 0.5) is 5.69 Å². The lowest BCUT2D eigenvalue weighted by molar-refractivity contribution is -0.116. The van der Waals surface area contributed by atoms with Crippen LogP contribution in [0.15, 0.2) is 24.3 Å². The standard InChI is InChI=1S/C16H26N2O3/c1-11(2)14(19)10-17-12(3)9-16(20)18-13-7-5-6-8-15(13)21-4/h5-8,11-12,14,17,19H,9-10H2,1-4H3,(H,18,20). The van der Waals surface area contributed by atoms with Crippen molar-refractivity contribution in [1.82, 2.24) is 5.32 Å². The lowest BCUT2D eigenvalue weighted by Crippen LogP contribution is -2.38. The maximum Gasteiger partial charge on any atom is 0.226 e. The maximum atomic E-state index is 12.0. The molecule has 0 aromatic heterocycles. The number of benzene rings is 1. The van der Waals surface area contributed by atoms with Gasteiger partial charge in [0.05, 0.1) is 18.9 Å². The van der Waals surface area contributed by atoms with Gasteiger partial charge in [0.1, 0.15) is 5.75 Å². The van der Waals surface area contributed by atoms with Crippen molar-refractivity contribution >= 4 is 11.6 Å². The fourth-order valence-corrected chi connectivity index (χ4v) is 1.86. The van der Waals surface area contributed by atoms with E-state index in [4.69, 9.17) is 4.74 Å². The molecule has 0 radical (unpaired) electrons. The van der Waals surface area contributed by atoms with Gasteiger partial charge < -0.3 is 20.5 Å². The molecular weight excluding hydrogens is 268 g/mol. The molecule has 0 saturated heterocycles. The van der Waals surface area contributed by atoms with Crippen LogP contribution in [0.3, 0.4) is 0 Å². The monoisotopic (exact) mass is 294 g/mol. The lowest BCUT2D eigenvalue weighted by atomic mass is 10.1. The van der Waals surface area contributed by atoms with Crippen LogP contribution in [0.25, 0.3) is 0 Å². The van der Waals surface area contributed by atoms with Gasteiger partial charge in [0.15, 0.2) is 0 Å². The summed E-state index contributed by atoms with van der Waals surface area (Å²) in [6.07, 6.45) is -0.0622. The molecule has 2 unspecified atom stereocenters. The third kappa shape index (κ3) is 6.14. The van der Waals surface area contributed by atoms with E-state index in [2.05, 4.69) is 10.6 Å². The molecular formula is C16H26N2O3. The molecule has 118 valence electrons. The molecule has 1 amide bonds. The third-order valence-electron chi connectivity index (χ3n) is 3.32. The van der Waals surface area contributed by atoms with Gasteiger partial charge in [-0.1, -0.05) is 26.0 Å². The first-order valence-electron chi connectivity index (χ1n) is 7.28. The molecule has 21 heavy (non-hydrogen) atoms. The topological polar surface area (TPSA) is 70.6 Å². The highest BCUT2D eigenvalue weighted by Gasteiger charge is 2.14. The van der Waals surface area contributed by atoms with Crippen molar-refractivity contribution in [2.24, 2.45) is 5.92 Å². The van der Waals surface area contributed by atoms with Gasteiger partial charge in [-0.05, 0) is 25.0 Å². The Morgan fingerprint density at radius 3 is 2.57 bits per heavy atom. The van der Waals surface area contributed by atoms with Crippen molar-refractivity contribution in [2.75, 3.05) is 19.0 Å². The number of amides is 1. The number of anilines is 1. The molecule has 3 N–H and O–H groups in total. The molecule has 1 aromatic rings. The summed E-state index contributed by atoms with van der Waals surface area (Å²) in [7, 11) is 1.57.